The van der Waals surface area contributed by atoms with Crippen molar-refractivity contribution in [2.45, 2.75) is 25.7 Å². The first-order valence-corrected chi connectivity index (χ1v) is 22.7. The Balaban J connectivity index is 1.13. The monoisotopic (exact) mass is 931 g/mol. The minimum atomic E-state index is -0.194. The summed E-state index contributed by atoms with van der Waals surface area (Å²) in [6, 6.07) is 19.3. The number of carbonyl (C=O) groups is 4. The first-order valence-electron chi connectivity index (χ1n) is 21.5. The van der Waals surface area contributed by atoms with Crippen molar-refractivity contribution in [3.05, 3.63) is 65.9 Å². The standard InChI is InChI=1S/C42H58ClN17O4S/c43-39-54-40(56-41(55-39)52-31-9-10-32(30-6-2-1-5-29(30)31)57-58-42-53-33-7-3-4-8-34(33)65-42)51-22-21-50-38(64)14-26-60(25-13-37(63)49-20-17-46)28-27-59(23-11-35(61)47-18-15-44)24-12-36(62)48-19-16-45/h1-10H,11-28,44-46H2,(H,47,61)(H,48,62)(H,49,63)(H,50,64)(H2,51,52,54,55,56). The van der Waals surface area contributed by atoms with Crippen molar-refractivity contribution < 1.29 is 19.2 Å². The number of hydrogen-bond donors (Lipinski definition) is 9. The van der Waals surface area contributed by atoms with Crippen LogP contribution in [0.25, 0.3) is 21.0 Å². The van der Waals surface area contributed by atoms with Gasteiger partial charge in [-0.3, -0.25) is 19.2 Å². The molecule has 0 fully saturated rings. The first kappa shape index (κ1) is 50.0. The van der Waals surface area contributed by atoms with Crippen molar-refractivity contribution in [2.24, 2.45) is 27.4 Å². The molecule has 0 bridgehead atoms. The predicted octanol–water partition coefficient (Wildman–Crippen LogP) is 2.36. The van der Waals surface area contributed by atoms with E-state index in [4.69, 9.17) is 28.8 Å². The number of fused-ring (bicyclic) bond motifs is 2. The summed E-state index contributed by atoms with van der Waals surface area (Å²) in [4.78, 5) is 71.7. The zero-order valence-electron chi connectivity index (χ0n) is 36.2. The summed E-state index contributed by atoms with van der Waals surface area (Å²) in [5.41, 5.74) is 18.9. The predicted molar refractivity (Wildman–Crippen MR) is 255 cm³/mol. The van der Waals surface area contributed by atoms with E-state index in [2.05, 4.69) is 62.1 Å². The highest BCUT2D eigenvalue weighted by molar-refractivity contribution is 7.21. The van der Waals surface area contributed by atoms with Crippen LogP contribution in [0.1, 0.15) is 25.7 Å². The molecule has 0 unspecified atom stereocenters. The number of benzene rings is 3. The lowest BCUT2D eigenvalue weighted by Gasteiger charge is -2.27. The largest absolute Gasteiger partial charge is 0.355 e. The number of nitrogens with one attached hydrogen (secondary N) is 6. The average molecular weight is 933 g/mol. The SMILES string of the molecule is NCCNC(=O)CCN(CCC(=O)NCCN)CCN(CCC(=O)NCCN)CCC(=O)NCCNc1nc(Cl)nc(Nc2ccc(N=Nc3nc4ccccc4s3)c3ccccc23)n1. The molecule has 0 aliphatic rings. The Kier molecular flexibility index (Phi) is 21.0. The highest BCUT2D eigenvalue weighted by atomic mass is 35.5. The molecular weight excluding hydrogens is 874 g/mol. The number of thiazole rings is 1. The number of halogens is 1. The molecule has 0 spiro atoms. The molecule has 21 nitrogen and oxygen atoms in total. The summed E-state index contributed by atoms with van der Waals surface area (Å²) < 4.78 is 1.04. The molecule has 3 aromatic carbocycles. The van der Waals surface area contributed by atoms with Crippen LogP contribution in [0.15, 0.2) is 70.9 Å². The minimum absolute atomic E-state index is 0.0281. The lowest BCUT2D eigenvalue weighted by molar-refractivity contribution is -0.123. The number of nitrogens with two attached hydrogens (primary N) is 3. The Morgan fingerprint density at radius 3 is 1.66 bits per heavy atom. The molecule has 2 aromatic heterocycles. The van der Waals surface area contributed by atoms with E-state index in [9.17, 15) is 19.2 Å². The van der Waals surface area contributed by atoms with Gasteiger partial charge in [-0.05, 0) is 35.9 Å². The first-order chi connectivity index (χ1) is 31.6. The van der Waals surface area contributed by atoms with Gasteiger partial charge in [0.1, 0.15) is 0 Å². The number of para-hydroxylation sites is 1. The number of anilines is 3. The van der Waals surface area contributed by atoms with Crippen molar-refractivity contribution in [1.29, 1.82) is 0 Å². The van der Waals surface area contributed by atoms with Gasteiger partial charge in [0.05, 0.1) is 15.9 Å². The number of hydrogen-bond acceptors (Lipinski definition) is 18. The Hall–Kier alpha value is -6.01. The number of nitrogens with zero attached hydrogens (tertiary/aromatic N) is 8. The molecule has 0 saturated carbocycles. The smallest absolute Gasteiger partial charge is 0.233 e. The highest BCUT2D eigenvalue weighted by Crippen LogP contribution is 2.35. The summed E-state index contributed by atoms with van der Waals surface area (Å²) in [6.07, 6.45) is 0.821. The molecule has 0 aliphatic heterocycles. The van der Waals surface area contributed by atoms with Gasteiger partial charge >= 0.3 is 0 Å². The molecule has 4 amide bonds. The van der Waals surface area contributed by atoms with E-state index in [0.717, 1.165) is 26.7 Å². The third-order valence-corrected chi connectivity index (χ3v) is 10.9. The van der Waals surface area contributed by atoms with Crippen molar-refractivity contribution in [2.75, 3.05) is 102 Å². The van der Waals surface area contributed by atoms with E-state index in [0.29, 0.717) is 95.9 Å². The fourth-order valence-electron chi connectivity index (χ4n) is 6.44. The Bertz CT molecular complexity index is 2290. The number of amides is 4. The fourth-order valence-corrected chi connectivity index (χ4v) is 7.39. The van der Waals surface area contributed by atoms with Crippen LogP contribution >= 0.6 is 22.9 Å². The van der Waals surface area contributed by atoms with Crippen LogP contribution in [0.5, 0.6) is 0 Å². The molecule has 0 aliphatic carbocycles. The highest BCUT2D eigenvalue weighted by Gasteiger charge is 2.16. The molecule has 0 saturated heterocycles. The number of aromatic nitrogens is 4. The van der Waals surface area contributed by atoms with Crippen LogP contribution in [-0.2, 0) is 19.2 Å². The minimum Gasteiger partial charge on any atom is -0.355 e. The second kappa shape index (κ2) is 27.3. The van der Waals surface area contributed by atoms with E-state index < -0.39 is 0 Å². The molecular formula is C42H58ClN17O4S. The zero-order chi connectivity index (χ0) is 46.2. The number of rotatable bonds is 29. The van der Waals surface area contributed by atoms with E-state index in [1.807, 2.05) is 70.5 Å². The normalized spacial score (nSPS) is 11.4. The van der Waals surface area contributed by atoms with Crippen LogP contribution in [0.2, 0.25) is 5.28 Å². The maximum atomic E-state index is 13.0. The quantitative estimate of drug-likeness (QED) is 0.0246. The molecule has 0 radical (unpaired) electrons. The fraction of sp³-hybridized carbons (Fsp3) is 0.429. The maximum Gasteiger partial charge on any atom is 0.233 e. The van der Waals surface area contributed by atoms with Crippen LogP contribution in [0, 0.1) is 0 Å². The molecule has 65 heavy (non-hydrogen) atoms. The van der Waals surface area contributed by atoms with Crippen molar-refractivity contribution >= 4 is 96.0 Å². The van der Waals surface area contributed by atoms with Gasteiger partial charge in [-0.2, -0.15) is 15.0 Å². The molecule has 348 valence electrons. The molecule has 5 rings (SSSR count). The van der Waals surface area contributed by atoms with Gasteiger partial charge in [0.15, 0.2) is 0 Å². The van der Waals surface area contributed by atoms with E-state index in [1.165, 1.54) is 11.3 Å². The number of azo groups is 1. The van der Waals surface area contributed by atoms with Gasteiger partial charge in [0.25, 0.3) is 0 Å². The van der Waals surface area contributed by atoms with Crippen molar-refractivity contribution in [3.8, 4) is 0 Å². The lowest BCUT2D eigenvalue weighted by atomic mass is 10.1. The second-order valence-electron chi connectivity index (χ2n) is 14.6. The molecule has 23 heteroatoms. The Labute approximate surface area is 386 Å². The summed E-state index contributed by atoms with van der Waals surface area (Å²) in [7, 11) is 0. The van der Waals surface area contributed by atoms with Crippen LogP contribution in [0.4, 0.5) is 28.4 Å². The van der Waals surface area contributed by atoms with Gasteiger partial charge in [-0.25, -0.2) is 4.98 Å². The third kappa shape index (κ3) is 17.5. The van der Waals surface area contributed by atoms with Crippen molar-refractivity contribution in [3.63, 3.8) is 0 Å². The van der Waals surface area contributed by atoms with E-state index >= 15 is 0 Å². The Morgan fingerprint density at radius 1 is 0.569 bits per heavy atom. The van der Waals surface area contributed by atoms with Gasteiger partial charge in [0, 0.05) is 134 Å². The summed E-state index contributed by atoms with van der Waals surface area (Å²) in [5.74, 6) is -0.194. The molecule has 2 heterocycles. The summed E-state index contributed by atoms with van der Waals surface area (Å²) in [6.45, 7) is 5.21. The van der Waals surface area contributed by atoms with E-state index in [-0.39, 0.29) is 73.0 Å². The molecule has 5 aromatic rings. The second-order valence-corrected chi connectivity index (χ2v) is 15.9. The lowest BCUT2D eigenvalue weighted by Crippen LogP contribution is -2.42. The van der Waals surface area contributed by atoms with Crippen molar-refractivity contribution in [1.82, 2.24) is 51.0 Å². The number of carbonyl (C=O) groups excluding carboxylic acids is 4. The van der Waals surface area contributed by atoms with Gasteiger partial charge in [-0.15, -0.1) is 10.2 Å². The van der Waals surface area contributed by atoms with Crippen LogP contribution < -0.4 is 49.1 Å². The zero-order valence-corrected chi connectivity index (χ0v) is 37.8. The summed E-state index contributed by atoms with van der Waals surface area (Å²) in [5, 5.41) is 28.7. The van der Waals surface area contributed by atoms with Gasteiger partial charge in [-0.1, -0.05) is 47.7 Å². The molecule has 0 atom stereocenters. The third-order valence-electron chi connectivity index (χ3n) is 9.76. The van der Waals surface area contributed by atoms with Gasteiger partial charge in [0.2, 0.25) is 45.9 Å². The summed E-state index contributed by atoms with van der Waals surface area (Å²) >= 11 is 7.78. The Morgan fingerprint density at radius 2 is 1.09 bits per heavy atom. The molecule has 12 N–H and O–H groups in total. The van der Waals surface area contributed by atoms with E-state index in [1.54, 1.807) is 0 Å². The van der Waals surface area contributed by atoms with Crippen LogP contribution in [-0.4, -0.2) is 145 Å². The van der Waals surface area contributed by atoms with Gasteiger partial charge < -0.3 is 58.9 Å². The topological polar surface area (TPSA) is 301 Å². The van der Waals surface area contributed by atoms with Crippen LogP contribution in [0.3, 0.4) is 0 Å². The maximum absolute atomic E-state index is 13.0. The average Bonchev–Trinajstić information content (AvgIpc) is 3.73.